The van der Waals surface area contributed by atoms with Gasteiger partial charge in [0.25, 0.3) is 0 Å². The lowest BCUT2D eigenvalue weighted by molar-refractivity contribution is -0.120. The normalized spacial score (nSPS) is 16.1. The minimum Gasteiger partial charge on any atom is -0.356 e. The van der Waals surface area contributed by atoms with Crippen LogP contribution in [0.4, 0.5) is 0 Å². The van der Waals surface area contributed by atoms with E-state index in [0.29, 0.717) is 12.0 Å². The van der Waals surface area contributed by atoms with Crippen molar-refractivity contribution in [2.24, 2.45) is 4.99 Å². The van der Waals surface area contributed by atoms with E-state index in [1.165, 1.54) is 19.3 Å². The Kier molecular flexibility index (Phi) is 7.42. The maximum absolute atomic E-state index is 11.9. The zero-order chi connectivity index (χ0) is 16.3. The highest BCUT2D eigenvalue weighted by Crippen LogP contribution is 2.16. The number of hydrogen-bond donors (Lipinski definition) is 3. The van der Waals surface area contributed by atoms with Gasteiger partial charge in [-0.05, 0) is 25.3 Å². The van der Waals surface area contributed by atoms with Crippen molar-refractivity contribution in [2.45, 2.75) is 51.1 Å². The van der Waals surface area contributed by atoms with Crippen molar-refractivity contribution in [3.63, 3.8) is 0 Å². The standard InChI is InChI=1S/C16H28N6O/c1-17-16(18-9-5-11-22-12-6-10-20-22)19-13-15(23)21-14-7-3-2-4-8-14/h6,10,12,14H,2-5,7-9,11,13H2,1H3,(H,21,23)(H2,17,18,19). The maximum Gasteiger partial charge on any atom is 0.239 e. The Morgan fingerprint density at radius 1 is 1.30 bits per heavy atom. The summed E-state index contributed by atoms with van der Waals surface area (Å²) in [5, 5.41) is 13.5. The van der Waals surface area contributed by atoms with Crippen molar-refractivity contribution in [2.75, 3.05) is 20.1 Å². The van der Waals surface area contributed by atoms with Gasteiger partial charge in [0.15, 0.2) is 5.96 Å². The van der Waals surface area contributed by atoms with E-state index < -0.39 is 0 Å². The lowest BCUT2D eigenvalue weighted by atomic mass is 9.95. The Labute approximate surface area is 137 Å². The second-order valence-corrected chi connectivity index (χ2v) is 5.88. The molecule has 1 heterocycles. The number of carbonyl (C=O) groups excluding carboxylic acids is 1. The van der Waals surface area contributed by atoms with Gasteiger partial charge >= 0.3 is 0 Å². The summed E-state index contributed by atoms with van der Waals surface area (Å²) in [6.45, 7) is 1.90. The van der Waals surface area contributed by atoms with Crippen LogP contribution in [-0.2, 0) is 11.3 Å². The number of aromatic nitrogens is 2. The summed E-state index contributed by atoms with van der Waals surface area (Å²) in [4.78, 5) is 16.1. The molecule has 3 N–H and O–H groups in total. The second-order valence-electron chi connectivity index (χ2n) is 5.88. The van der Waals surface area contributed by atoms with Crippen LogP contribution in [0.2, 0.25) is 0 Å². The van der Waals surface area contributed by atoms with Crippen molar-refractivity contribution >= 4 is 11.9 Å². The molecule has 7 heteroatoms. The van der Waals surface area contributed by atoms with Crippen molar-refractivity contribution in [1.82, 2.24) is 25.7 Å². The first-order valence-corrected chi connectivity index (χ1v) is 8.49. The van der Waals surface area contributed by atoms with Crippen molar-refractivity contribution in [3.8, 4) is 0 Å². The van der Waals surface area contributed by atoms with Gasteiger partial charge < -0.3 is 16.0 Å². The van der Waals surface area contributed by atoms with Crippen LogP contribution in [-0.4, -0.2) is 47.8 Å². The fourth-order valence-electron chi connectivity index (χ4n) is 2.79. The van der Waals surface area contributed by atoms with Gasteiger partial charge in [0.2, 0.25) is 5.91 Å². The molecule has 1 aliphatic rings. The monoisotopic (exact) mass is 320 g/mol. The zero-order valence-corrected chi connectivity index (χ0v) is 13.9. The molecule has 7 nitrogen and oxygen atoms in total. The van der Waals surface area contributed by atoms with Gasteiger partial charge in [0.1, 0.15) is 0 Å². The molecule has 0 aromatic carbocycles. The Bertz CT molecular complexity index is 479. The minimum atomic E-state index is 0.0383. The summed E-state index contributed by atoms with van der Waals surface area (Å²) in [5.41, 5.74) is 0. The molecule has 2 rings (SSSR count). The van der Waals surface area contributed by atoms with Crippen LogP contribution in [0.15, 0.2) is 23.5 Å². The highest BCUT2D eigenvalue weighted by atomic mass is 16.2. The molecule has 1 aromatic rings. The van der Waals surface area contributed by atoms with Gasteiger partial charge in [0.05, 0.1) is 6.54 Å². The van der Waals surface area contributed by atoms with Gasteiger partial charge in [0, 0.05) is 38.6 Å². The molecule has 0 aliphatic heterocycles. The van der Waals surface area contributed by atoms with Crippen LogP contribution in [0.5, 0.6) is 0 Å². The minimum absolute atomic E-state index is 0.0383. The van der Waals surface area contributed by atoms with E-state index in [1.807, 2.05) is 16.9 Å². The average molecular weight is 320 g/mol. The quantitative estimate of drug-likeness (QED) is 0.396. The van der Waals surface area contributed by atoms with Crippen LogP contribution in [0.25, 0.3) is 0 Å². The lowest BCUT2D eigenvalue weighted by Gasteiger charge is -2.23. The molecule has 0 spiro atoms. The number of hydrogen-bond acceptors (Lipinski definition) is 3. The Morgan fingerprint density at radius 2 is 2.13 bits per heavy atom. The molecule has 1 fully saturated rings. The largest absolute Gasteiger partial charge is 0.356 e. The van der Waals surface area contributed by atoms with Gasteiger partial charge in [-0.25, -0.2) is 0 Å². The topological polar surface area (TPSA) is 83.3 Å². The third-order valence-corrected chi connectivity index (χ3v) is 4.03. The molecule has 1 amide bonds. The molecular weight excluding hydrogens is 292 g/mol. The molecule has 1 saturated carbocycles. The molecule has 0 saturated heterocycles. The molecule has 1 aliphatic carbocycles. The number of amides is 1. The molecule has 0 atom stereocenters. The lowest BCUT2D eigenvalue weighted by Crippen LogP contribution is -2.46. The summed E-state index contributed by atoms with van der Waals surface area (Å²) < 4.78 is 1.90. The highest BCUT2D eigenvalue weighted by Gasteiger charge is 2.15. The van der Waals surface area contributed by atoms with Crippen molar-refractivity contribution in [3.05, 3.63) is 18.5 Å². The van der Waals surface area contributed by atoms with Crippen LogP contribution in [0.3, 0.4) is 0 Å². The first-order chi connectivity index (χ1) is 11.3. The van der Waals surface area contributed by atoms with E-state index in [1.54, 1.807) is 13.2 Å². The Balaban J connectivity index is 1.57. The van der Waals surface area contributed by atoms with Crippen LogP contribution >= 0.6 is 0 Å². The van der Waals surface area contributed by atoms with Gasteiger partial charge in [-0.1, -0.05) is 19.3 Å². The predicted molar refractivity (Wildman–Crippen MR) is 91.2 cm³/mol. The number of nitrogens with zero attached hydrogens (tertiary/aromatic N) is 3. The Hall–Kier alpha value is -2.05. The number of aliphatic imine (C=N–C) groups is 1. The summed E-state index contributed by atoms with van der Waals surface area (Å²) in [6, 6.07) is 2.26. The number of nitrogens with one attached hydrogen (secondary N) is 3. The van der Waals surface area contributed by atoms with Crippen LogP contribution in [0.1, 0.15) is 38.5 Å². The highest BCUT2D eigenvalue weighted by molar-refractivity contribution is 5.86. The number of rotatable bonds is 7. The van der Waals surface area contributed by atoms with E-state index in [9.17, 15) is 4.79 Å². The van der Waals surface area contributed by atoms with E-state index in [0.717, 1.165) is 32.4 Å². The first-order valence-electron chi connectivity index (χ1n) is 8.49. The fourth-order valence-corrected chi connectivity index (χ4v) is 2.79. The summed E-state index contributed by atoms with van der Waals surface area (Å²) in [7, 11) is 1.71. The first kappa shape index (κ1) is 17.3. The van der Waals surface area contributed by atoms with E-state index in [2.05, 4.69) is 26.0 Å². The maximum atomic E-state index is 11.9. The van der Waals surface area contributed by atoms with E-state index >= 15 is 0 Å². The predicted octanol–water partition coefficient (Wildman–Crippen LogP) is 0.887. The summed E-state index contributed by atoms with van der Waals surface area (Å²) >= 11 is 0. The van der Waals surface area contributed by atoms with Crippen molar-refractivity contribution in [1.29, 1.82) is 0 Å². The second kappa shape index (κ2) is 9.86. The SMILES string of the molecule is CN=C(NCCCn1cccn1)NCC(=O)NC1CCCCC1. The average Bonchev–Trinajstić information content (AvgIpc) is 3.08. The molecule has 0 unspecified atom stereocenters. The molecule has 128 valence electrons. The molecular formula is C16H28N6O. The third kappa shape index (κ3) is 6.71. The number of guanidine groups is 1. The van der Waals surface area contributed by atoms with Crippen molar-refractivity contribution < 1.29 is 4.79 Å². The third-order valence-electron chi connectivity index (χ3n) is 4.03. The molecule has 23 heavy (non-hydrogen) atoms. The number of aryl methyl sites for hydroxylation is 1. The summed E-state index contributed by atoms with van der Waals surface area (Å²) in [5.74, 6) is 0.695. The van der Waals surface area contributed by atoms with E-state index in [4.69, 9.17) is 0 Å². The van der Waals surface area contributed by atoms with Gasteiger partial charge in [-0.3, -0.25) is 14.5 Å². The van der Waals surface area contributed by atoms with Crippen LogP contribution in [0, 0.1) is 0 Å². The summed E-state index contributed by atoms with van der Waals surface area (Å²) in [6.07, 6.45) is 10.6. The van der Waals surface area contributed by atoms with E-state index in [-0.39, 0.29) is 12.5 Å². The van der Waals surface area contributed by atoms with Gasteiger partial charge in [-0.2, -0.15) is 5.10 Å². The fraction of sp³-hybridized carbons (Fsp3) is 0.688. The zero-order valence-electron chi connectivity index (χ0n) is 13.9. The molecule has 0 bridgehead atoms. The Morgan fingerprint density at radius 3 is 2.83 bits per heavy atom. The number of carbonyl (C=O) groups is 1. The van der Waals surface area contributed by atoms with Crippen LogP contribution < -0.4 is 16.0 Å². The molecule has 1 aromatic heterocycles. The van der Waals surface area contributed by atoms with Gasteiger partial charge in [-0.15, -0.1) is 0 Å². The smallest absolute Gasteiger partial charge is 0.239 e. The molecule has 0 radical (unpaired) electrons.